The number of carboxylic acid groups (broad SMARTS) is 1. The molecule has 2 atom stereocenters. The van der Waals surface area contributed by atoms with Gasteiger partial charge < -0.3 is 16.2 Å². The van der Waals surface area contributed by atoms with Crippen molar-refractivity contribution < 1.29 is 14.7 Å². The number of nitrogens with two attached hydrogens (primary N) is 1. The topological polar surface area (TPSA) is 104 Å². The summed E-state index contributed by atoms with van der Waals surface area (Å²) < 4.78 is 0. The van der Waals surface area contributed by atoms with Crippen molar-refractivity contribution in [3.05, 3.63) is 35.4 Å². The maximum Gasteiger partial charge on any atom is 0.303 e. The Balaban J connectivity index is 1.57. The second-order valence-corrected chi connectivity index (χ2v) is 7.31. The maximum absolute atomic E-state index is 11.4. The van der Waals surface area contributed by atoms with Crippen LogP contribution in [0.4, 0.5) is 0 Å². The Bertz CT molecular complexity index is 609. The minimum atomic E-state index is -0.685. The van der Waals surface area contributed by atoms with Gasteiger partial charge in [-0.15, -0.1) is 0 Å². The fourth-order valence-electron chi connectivity index (χ4n) is 4.08. The molecule has 5 N–H and O–H groups in total. The normalized spacial score (nSPS) is 29.9. The van der Waals surface area contributed by atoms with Gasteiger partial charge in [0.1, 0.15) is 0 Å². The molecule has 1 aromatic rings. The van der Waals surface area contributed by atoms with Crippen molar-refractivity contribution >= 4 is 11.9 Å². The monoisotopic (exact) mass is 345 g/mol. The molecule has 1 saturated carbocycles. The van der Waals surface area contributed by atoms with Crippen LogP contribution >= 0.6 is 0 Å². The van der Waals surface area contributed by atoms with Crippen molar-refractivity contribution in [2.75, 3.05) is 13.1 Å². The minimum absolute atomic E-state index is 0.0894. The van der Waals surface area contributed by atoms with Gasteiger partial charge in [-0.2, -0.15) is 0 Å². The quantitative estimate of drug-likeness (QED) is 0.648. The first-order valence-corrected chi connectivity index (χ1v) is 9.10. The molecule has 0 bridgehead atoms. The number of aliphatic carboxylic acids is 1. The third-order valence-corrected chi connectivity index (χ3v) is 5.56. The molecule has 2 aliphatic rings. The zero-order chi connectivity index (χ0) is 17.8. The number of carboxylic acids is 1. The molecule has 1 amide bonds. The molecule has 6 nitrogen and oxygen atoms in total. The molecule has 1 aliphatic carbocycles. The molecule has 0 aromatic heterocycles. The number of hydrogen-bond acceptors (Lipinski definition) is 4. The summed E-state index contributed by atoms with van der Waals surface area (Å²) >= 11 is 0. The van der Waals surface area contributed by atoms with E-state index in [-0.39, 0.29) is 18.0 Å². The van der Waals surface area contributed by atoms with Crippen LogP contribution in [0.1, 0.15) is 55.2 Å². The molecule has 136 valence electrons. The number of benzene rings is 1. The summed E-state index contributed by atoms with van der Waals surface area (Å²) in [5, 5.41) is 15.5. The van der Waals surface area contributed by atoms with Gasteiger partial charge in [0.2, 0.25) is 5.91 Å². The van der Waals surface area contributed by atoms with E-state index in [0.29, 0.717) is 24.8 Å². The molecular weight excluding hydrogens is 318 g/mol. The largest absolute Gasteiger partial charge is 0.481 e. The van der Waals surface area contributed by atoms with Crippen molar-refractivity contribution in [1.82, 2.24) is 10.6 Å². The van der Waals surface area contributed by atoms with Crippen molar-refractivity contribution in [3.8, 4) is 0 Å². The van der Waals surface area contributed by atoms with Crippen LogP contribution in [-0.4, -0.2) is 36.1 Å². The van der Waals surface area contributed by atoms with Gasteiger partial charge in [0.25, 0.3) is 0 Å². The predicted octanol–water partition coefficient (Wildman–Crippen LogP) is 1.52. The van der Waals surface area contributed by atoms with Crippen LogP contribution < -0.4 is 16.4 Å². The lowest BCUT2D eigenvalue weighted by Gasteiger charge is -2.31. The average molecular weight is 345 g/mol. The molecule has 1 aliphatic heterocycles. The Labute approximate surface area is 148 Å². The Morgan fingerprint density at radius 2 is 1.68 bits per heavy atom. The van der Waals surface area contributed by atoms with Crippen molar-refractivity contribution in [1.29, 1.82) is 0 Å². The number of piperazine rings is 1. The lowest BCUT2D eigenvalue weighted by molar-refractivity contribution is -0.138. The molecule has 2 fully saturated rings. The number of hydrogen-bond donors (Lipinski definition) is 4. The summed E-state index contributed by atoms with van der Waals surface area (Å²) in [6, 6.07) is 8.36. The van der Waals surface area contributed by atoms with Gasteiger partial charge in [-0.05, 0) is 48.6 Å². The number of amides is 1. The first kappa shape index (κ1) is 17.9. The fraction of sp³-hybridized carbons (Fsp3) is 0.579. The third-order valence-electron chi connectivity index (χ3n) is 5.56. The molecule has 0 radical (unpaired) electrons. The predicted molar refractivity (Wildman–Crippen MR) is 95.1 cm³/mol. The molecule has 2 unspecified atom stereocenters. The molecular formula is C19H27N3O3. The average Bonchev–Trinajstić information content (AvgIpc) is 2.62. The second-order valence-electron chi connectivity index (χ2n) is 7.31. The number of nitrogens with one attached hydrogen (secondary N) is 2. The van der Waals surface area contributed by atoms with E-state index < -0.39 is 5.97 Å². The molecule has 3 rings (SSSR count). The van der Waals surface area contributed by atoms with E-state index in [4.69, 9.17) is 10.8 Å². The van der Waals surface area contributed by atoms with Gasteiger partial charge in [0.05, 0.1) is 6.04 Å². The zero-order valence-corrected chi connectivity index (χ0v) is 14.4. The second kappa shape index (κ2) is 7.97. The van der Waals surface area contributed by atoms with Crippen LogP contribution in [0.15, 0.2) is 24.3 Å². The Morgan fingerprint density at radius 1 is 1.04 bits per heavy atom. The van der Waals surface area contributed by atoms with Crippen LogP contribution in [0.2, 0.25) is 0 Å². The summed E-state index contributed by atoms with van der Waals surface area (Å²) in [4.78, 5) is 22.2. The highest BCUT2D eigenvalue weighted by atomic mass is 16.4. The summed E-state index contributed by atoms with van der Waals surface area (Å²) in [6.45, 7) is 1.35. The van der Waals surface area contributed by atoms with Crippen molar-refractivity contribution in [3.63, 3.8) is 0 Å². The van der Waals surface area contributed by atoms with Crippen LogP contribution in [0, 0.1) is 5.92 Å². The van der Waals surface area contributed by atoms with E-state index in [2.05, 4.69) is 34.9 Å². The summed E-state index contributed by atoms with van der Waals surface area (Å²) in [7, 11) is 0. The van der Waals surface area contributed by atoms with Gasteiger partial charge >= 0.3 is 5.97 Å². The third kappa shape index (κ3) is 4.58. The zero-order valence-electron chi connectivity index (χ0n) is 14.4. The Hall–Kier alpha value is -1.92. The first-order valence-electron chi connectivity index (χ1n) is 9.10. The number of rotatable bonds is 5. The van der Waals surface area contributed by atoms with Crippen LogP contribution in [-0.2, 0) is 9.59 Å². The first-order chi connectivity index (χ1) is 12.0. The molecule has 6 heteroatoms. The Kier molecular flexibility index (Phi) is 5.71. The van der Waals surface area contributed by atoms with E-state index >= 15 is 0 Å². The molecule has 1 aromatic carbocycles. The van der Waals surface area contributed by atoms with Crippen molar-refractivity contribution in [2.24, 2.45) is 11.7 Å². The number of carbonyl (C=O) groups is 2. The van der Waals surface area contributed by atoms with E-state index in [1.807, 2.05) is 0 Å². The van der Waals surface area contributed by atoms with Crippen molar-refractivity contribution in [2.45, 2.75) is 50.1 Å². The molecule has 0 spiro atoms. The van der Waals surface area contributed by atoms with Crippen LogP contribution in [0.25, 0.3) is 0 Å². The van der Waals surface area contributed by atoms with Gasteiger partial charge in [-0.1, -0.05) is 24.3 Å². The van der Waals surface area contributed by atoms with Gasteiger partial charge in [-0.3, -0.25) is 14.9 Å². The summed E-state index contributed by atoms with van der Waals surface area (Å²) in [5.41, 5.74) is 7.87. The number of carbonyl (C=O) groups excluding carboxylic acids is 1. The maximum atomic E-state index is 11.4. The molecule has 25 heavy (non-hydrogen) atoms. The van der Waals surface area contributed by atoms with E-state index in [0.717, 1.165) is 37.8 Å². The number of primary amides is 1. The highest BCUT2D eigenvalue weighted by Crippen LogP contribution is 2.37. The standard InChI is InChI=1S/C19H27N3O3/c20-19(25)17-11-21-10-16(22-17)15-7-5-14(6-8-15)13-3-1-12(2-4-13)9-18(23)24/h5-8,12-13,16-17,21-22H,1-4,9-11H2,(H2,20,25)(H,23,24). The Morgan fingerprint density at radius 3 is 2.28 bits per heavy atom. The van der Waals surface area contributed by atoms with Crippen LogP contribution in [0.5, 0.6) is 0 Å². The highest BCUT2D eigenvalue weighted by molar-refractivity contribution is 5.80. The highest BCUT2D eigenvalue weighted by Gasteiger charge is 2.26. The smallest absolute Gasteiger partial charge is 0.303 e. The lowest BCUT2D eigenvalue weighted by atomic mass is 9.77. The van der Waals surface area contributed by atoms with E-state index in [1.54, 1.807) is 0 Å². The van der Waals surface area contributed by atoms with Gasteiger partial charge in [0.15, 0.2) is 0 Å². The van der Waals surface area contributed by atoms with Gasteiger partial charge in [-0.25, -0.2) is 0 Å². The molecule has 1 heterocycles. The fourth-order valence-corrected chi connectivity index (χ4v) is 4.08. The lowest BCUT2D eigenvalue weighted by Crippen LogP contribution is -2.55. The summed E-state index contributed by atoms with van der Waals surface area (Å²) in [6.07, 6.45) is 4.40. The van der Waals surface area contributed by atoms with E-state index in [1.165, 1.54) is 5.56 Å². The minimum Gasteiger partial charge on any atom is -0.481 e. The summed E-state index contributed by atoms with van der Waals surface area (Å²) in [5.74, 6) is -0.159. The molecule has 1 saturated heterocycles. The van der Waals surface area contributed by atoms with E-state index in [9.17, 15) is 9.59 Å². The van der Waals surface area contributed by atoms with Gasteiger partial charge in [0, 0.05) is 25.6 Å². The SMILES string of the molecule is NC(=O)C1CNCC(c2ccc(C3CCC(CC(=O)O)CC3)cc2)N1. The van der Waals surface area contributed by atoms with Crippen LogP contribution in [0.3, 0.4) is 0 Å².